The number of aromatic nitrogens is 3. The fourth-order valence-electron chi connectivity index (χ4n) is 3.22. The highest BCUT2D eigenvalue weighted by atomic mass is 35.5. The Balaban J connectivity index is 0.00000180. The molecule has 1 fully saturated rings. The number of halogens is 1. The highest BCUT2D eigenvalue weighted by Crippen LogP contribution is 2.25. The molecule has 8 heteroatoms. The van der Waals surface area contributed by atoms with E-state index in [0.717, 1.165) is 24.9 Å². The van der Waals surface area contributed by atoms with E-state index >= 15 is 0 Å². The van der Waals surface area contributed by atoms with Gasteiger partial charge in [0.25, 0.3) is 0 Å². The molecular formula is C19H17ClN4O3. The topological polar surface area (TPSA) is 81.7 Å². The maximum atomic E-state index is 12.5. The molecule has 4 aromatic rings. The Morgan fingerprint density at radius 1 is 1.30 bits per heavy atom. The summed E-state index contributed by atoms with van der Waals surface area (Å²) in [6.45, 7) is 1.80. The number of nitrogens with one attached hydrogen (secondary N) is 1. The van der Waals surface area contributed by atoms with Crippen LogP contribution in [0.25, 0.3) is 28.0 Å². The van der Waals surface area contributed by atoms with Gasteiger partial charge >= 0.3 is 5.63 Å². The van der Waals surface area contributed by atoms with Crippen molar-refractivity contribution < 1.29 is 9.15 Å². The Bertz CT molecular complexity index is 1130. The maximum absolute atomic E-state index is 12.5. The van der Waals surface area contributed by atoms with E-state index in [9.17, 15) is 4.79 Å². The highest BCUT2D eigenvalue weighted by Gasteiger charge is 2.17. The van der Waals surface area contributed by atoms with Crippen molar-refractivity contribution in [1.29, 1.82) is 0 Å². The Labute approximate surface area is 160 Å². The molecule has 0 saturated carbocycles. The molecule has 7 nitrogen and oxygen atoms in total. The molecule has 5 rings (SSSR count). The van der Waals surface area contributed by atoms with Crippen molar-refractivity contribution in [3.8, 4) is 17.0 Å². The van der Waals surface area contributed by atoms with E-state index in [4.69, 9.17) is 9.15 Å². The molecule has 0 unspecified atom stereocenters. The van der Waals surface area contributed by atoms with Crippen molar-refractivity contribution in [1.82, 2.24) is 19.7 Å². The lowest BCUT2D eigenvalue weighted by Gasteiger charge is -2.12. The largest absolute Gasteiger partial charge is 0.489 e. The second-order valence-electron chi connectivity index (χ2n) is 6.33. The Morgan fingerprint density at radius 2 is 2.22 bits per heavy atom. The van der Waals surface area contributed by atoms with Gasteiger partial charge in [0.05, 0.1) is 11.3 Å². The van der Waals surface area contributed by atoms with Gasteiger partial charge in [-0.25, -0.2) is 14.8 Å². The van der Waals surface area contributed by atoms with Gasteiger partial charge in [-0.1, -0.05) is 0 Å². The molecule has 0 aliphatic carbocycles. The molecule has 1 aliphatic rings. The van der Waals surface area contributed by atoms with E-state index in [1.54, 1.807) is 28.9 Å². The number of nitrogens with zero attached hydrogens (tertiary/aromatic N) is 3. The predicted octanol–water partition coefficient (Wildman–Crippen LogP) is 2.67. The molecular weight excluding hydrogens is 368 g/mol. The molecule has 4 heterocycles. The molecule has 1 saturated heterocycles. The first-order chi connectivity index (χ1) is 12.8. The predicted molar refractivity (Wildman–Crippen MR) is 104 cm³/mol. The van der Waals surface area contributed by atoms with Crippen molar-refractivity contribution in [2.45, 2.75) is 12.5 Å². The lowest BCUT2D eigenvalue weighted by Crippen LogP contribution is -2.19. The number of benzene rings is 1. The van der Waals surface area contributed by atoms with Gasteiger partial charge < -0.3 is 14.5 Å². The summed E-state index contributed by atoms with van der Waals surface area (Å²) < 4.78 is 13.2. The number of hydrogen-bond donors (Lipinski definition) is 1. The van der Waals surface area contributed by atoms with Crippen molar-refractivity contribution in [2.75, 3.05) is 13.1 Å². The average molecular weight is 385 g/mol. The van der Waals surface area contributed by atoms with Crippen molar-refractivity contribution in [2.24, 2.45) is 0 Å². The third kappa shape index (κ3) is 3.27. The molecule has 1 aromatic carbocycles. The van der Waals surface area contributed by atoms with Gasteiger partial charge in [-0.3, -0.25) is 4.40 Å². The highest BCUT2D eigenvalue weighted by molar-refractivity contribution is 5.85. The molecule has 1 aliphatic heterocycles. The van der Waals surface area contributed by atoms with Gasteiger partial charge in [-0.05, 0) is 37.2 Å². The minimum absolute atomic E-state index is 0. The van der Waals surface area contributed by atoms with Crippen LogP contribution in [-0.2, 0) is 0 Å². The summed E-state index contributed by atoms with van der Waals surface area (Å²) in [6.07, 6.45) is 6.40. The van der Waals surface area contributed by atoms with E-state index < -0.39 is 5.63 Å². The summed E-state index contributed by atoms with van der Waals surface area (Å²) >= 11 is 0. The zero-order valence-electron chi connectivity index (χ0n) is 14.3. The van der Waals surface area contributed by atoms with Crippen LogP contribution in [0.4, 0.5) is 0 Å². The van der Waals surface area contributed by atoms with Crippen LogP contribution in [0, 0.1) is 0 Å². The number of rotatable bonds is 3. The first-order valence-electron chi connectivity index (χ1n) is 8.52. The second-order valence-corrected chi connectivity index (χ2v) is 6.33. The van der Waals surface area contributed by atoms with E-state index in [-0.39, 0.29) is 18.5 Å². The van der Waals surface area contributed by atoms with Gasteiger partial charge in [0, 0.05) is 36.6 Å². The van der Waals surface area contributed by atoms with Crippen LogP contribution in [0.5, 0.6) is 5.75 Å². The van der Waals surface area contributed by atoms with Crippen LogP contribution >= 0.6 is 12.4 Å². The van der Waals surface area contributed by atoms with Crippen LogP contribution in [0.1, 0.15) is 6.42 Å². The fraction of sp³-hybridized carbons (Fsp3) is 0.211. The molecule has 1 N–H and O–H groups in total. The average Bonchev–Trinajstić information content (AvgIpc) is 3.30. The summed E-state index contributed by atoms with van der Waals surface area (Å²) in [5.74, 6) is 1.25. The Kier molecular flexibility index (Phi) is 4.55. The molecule has 138 valence electrons. The molecule has 0 radical (unpaired) electrons. The summed E-state index contributed by atoms with van der Waals surface area (Å²) in [6, 6.07) is 9.17. The number of imidazole rings is 1. The van der Waals surface area contributed by atoms with E-state index in [1.807, 2.05) is 24.4 Å². The fourth-order valence-corrected chi connectivity index (χ4v) is 3.22. The van der Waals surface area contributed by atoms with Crippen molar-refractivity contribution in [3.05, 3.63) is 59.3 Å². The molecule has 0 bridgehead atoms. The number of fused-ring (bicyclic) bond motifs is 2. The molecule has 0 spiro atoms. The van der Waals surface area contributed by atoms with E-state index in [0.29, 0.717) is 28.4 Å². The zero-order valence-corrected chi connectivity index (χ0v) is 15.1. The maximum Gasteiger partial charge on any atom is 0.345 e. The summed E-state index contributed by atoms with van der Waals surface area (Å²) in [4.78, 5) is 21.1. The third-order valence-electron chi connectivity index (χ3n) is 4.54. The van der Waals surface area contributed by atoms with Crippen LogP contribution in [0.2, 0.25) is 0 Å². The number of ether oxygens (including phenoxy) is 1. The van der Waals surface area contributed by atoms with Crippen LogP contribution in [0.15, 0.2) is 58.1 Å². The van der Waals surface area contributed by atoms with Gasteiger partial charge in [-0.2, -0.15) is 0 Å². The van der Waals surface area contributed by atoms with Crippen LogP contribution in [-0.4, -0.2) is 33.6 Å². The second kappa shape index (κ2) is 7.02. The zero-order chi connectivity index (χ0) is 17.5. The van der Waals surface area contributed by atoms with Crippen LogP contribution in [0.3, 0.4) is 0 Å². The SMILES string of the molecule is Cl.O=c1oc2cc(O[C@@H]3CCNC3)ccc2cc1-c1cn2cccnc2n1. The lowest BCUT2D eigenvalue weighted by molar-refractivity contribution is 0.223. The third-order valence-corrected chi connectivity index (χ3v) is 4.54. The van der Waals surface area contributed by atoms with Gasteiger partial charge in [0.15, 0.2) is 0 Å². The van der Waals surface area contributed by atoms with Gasteiger partial charge in [-0.15, -0.1) is 12.4 Å². The Hall–Kier alpha value is -2.90. The van der Waals surface area contributed by atoms with Gasteiger partial charge in [0.2, 0.25) is 5.78 Å². The summed E-state index contributed by atoms with van der Waals surface area (Å²) in [7, 11) is 0. The summed E-state index contributed by atoms with van der Waals surface area (Å²) in [5.41, 5.74) is 1.03. The van der Waals surface area contributed by atoms with E-state index in [2.05, 4.69) is 15.3 Å². The summed E-state index contributed by atoms with van der Waals surface area (Å²) in [5, 5.41) is 4.08. The first-order valence-corrected chi connectivity index (χ1v) is 8.52. The van der Waals surface area contributed by atoms with Crippen molar-refractivity contribution >= 4 is 29.2 Å². The van der Waals surface area contributed by atoms with Crippen LogP contribution < -0.4 is 15.7 Å². The molecule has 27 heavy (non-hydrogen) atoms. The van der Waals surface area contributed by atoms with E-state index in [1.165, 1.54) is 0 Å². The Morgan fingerprint density at radius 3 is 3.04 bits per heavy atom. The monoisotopic (exact) mass is 384 g/mol. The normalized spacial score (nSPS) is 16.5. The first kappa shape index (κ1) is 17.5. The standard InChI is InChI=1S/C19H16N4O3.ClH/c24-18-15(16-11-23-7-1-5-21-19(23)22-16)8-12-2-3-13(9-17(12)26-18)25-14-4-6-20-10-14;/h1-3,5,7-9,11,14,20H,4,6,10H2;1H/t14-;/m1./s1. The molecule has 0 amide bonds. The minimum Gasteiger partial charge on any atom is -0.489 e. The molecule has 3 aromatic heterocycles. The lowest BCUT2D eigenvalue weighted by atomic mass is 10.1. The minimum atomic E-state index is -0.430. The van der Waals surface area contributed by atoms with Crippen molar-refractivity contribution in [3.63, 3.8) is 0 Å². The number of hydrogen-bond acceptors (Lipinski definition) is 6. The smallest absolute Gasteiger partial charge is 0.345 e. The van der Waals surface area contributed by atoms with Gasteiger partial charge in [0.1, 0.15) is 17.4 Å². The quantitative estimate of drug-likeness (QED) is 0.547. The molecule has 1 atom stereocenters.